The maximum Gasteiger partial charge on any atom is 0.307 e. The fourth-order valence-corrected chi connectivity index (χ4v) is 3.33. The maximum atomic E-state index is 13.4. The molecule has 7 nitrogen and oxygen atoms in total. The molecule has 0 amide bonds. The number of rotatable bonds is 8. The van der Waals surface area contributed by atoms with Crippen molar-refractivity contribution in [2.45, 2.75) is 19.9 Å². The molecule has 3 aromatic rings. The molecular weight excluding hydrogens is 386 g/mol. The van der Waals surface area contributed by atoms with Crippen LogP contribution in [-0.2, 0) is 16.1 Å². The second kappa shape index (κ2) is 9.35. The third-order valence-electron chi connectivity index (χ3n) is 4.84. The molecule has 0 bridgehead atoms. The number of nitrogens with zero attached hydrogens (tertiary/aromatic N) is 1. The molecule has 7 heteroatoms. The van der Waals surface area contributed by atoms with Crippen molar-refractivity contribution in [2.75, 3.05) is 27.9 Å². The molecule has 2 aromatic carbocycles. The van der Waals surface area contributed by atoms with Gasteiger partial charge in [0.15, 0.2) is 0 Å². The number of carbonyl (C=O) groups is 1. The lowest BCUT2D eigenvalue weighted by molar-refractivity contribution is -0.143. The SMILES string of the molecule is CCOC(=O)CCn1cc(-c2ccc(OC)cc2)c(=O)c2c(OC)cc(OC)cc21. The summed E-state index contributed by atoms with van der Waals surface area (Å²) in [6.07, 6.45) is 1.93. The second-order valence-corrected chi connectivity index (χ2v) is 6.57. The molecule has 0 atom stereocenters. The Morgan fingerprint density at radius 3 is 2.27 bits per heavy atom. The lowest BCUT2D eigenvalue weighted by Gasteiger charge is -2.16. The number of benzene rings is 2. The van der Waals surface area contributed by atoms with Crippen molar-refractivity contribution in [1.29, 1.82) is 0 Å². The van der Waals surface area contributed by atoms with Gasteiger partial charge in [-0.3, -0.25) is 9.59 Å². The van der Waals surface area contributed by atoms with E-state index >= 15 is 0 Å². The molecule has 1 aromatic heterocycles. The van der Waals surface area contributed by atoms with E-state index in [1.807, 2.05) is 16.7 Å². The number of carbonyl (C=O) groups excluding carboxylic acids is 1. The zero-order valence-electron chi connectivity index (χ0n) is 17.6. The highest BCUT2D eigenvalue weighted by Gasteiger charge is 2.17. The number of ether oxygens (including phenoxy) is 4. The van der Waals surface area contributed by atoms with Crippen LogP contribution < -0.4 is 19.6 Å². The summed E-state index contributed by atoms with van der Waals surface area (Å²) in [6.45, 7) is 2.43. The summed E-state index contributed by atoms with van der Waals surface area (Å²) in [7, 11) is 4.65. The number of methoxy groups -OCH3 is 3. The highest BCUT2D eigenvalue weighted by Crippen LogP contribution is 2.31. The van der Waals surface area contributed by atoms with E-state index in [9.17, 15) is 9.59 Å². The number of aryl methyl sites for hydroxylation is 1. The minimum absolute atomic E-state index is 0.165. The normalized spacial score (nSPS) is 10.7. The zero-order valence-corrected chi connectivity index (χ0v) is 17.6. The lowest BCUT2D eigenvalue weighted by atomic mass is 10.0. The molecule has 0 saturated heterocycles. The summed E-state index contributed by atoms with van der Waals surface area (Å²) in [5, 5.41) is 0.426. The van der Waals surface area contributed by atoms with Crippen molar-refractivity contribution in [3.05, 3.63) is 52.8 Å². The smallest absolute Gasteiger partial charge is 0.307 e. The molecule has 0 fully saturated rings. The summed E-state index contributed by atoms with van der Waals surface area (Å²) in [5.74, 6) is 1.37. The van der Waals surface area contributed by atoms with Gasteiger partial charge in [-0.2, -0.15) is 0 Å². The van der Waals surface area contributed by atoms with Gasteiger partial charge in [0.05, 0.1) is 45.3 Å². The minimum atomic E-state index is -0.301. The largest absolute Gasteiger partial charge is 0.497 e. The van der Waals surface area contributed by atoms with Gasteiger partial charge in [-0.15, -0.1) is 0 Å². The molecule has 1 heterocycles. The third-order valence-corrected chi connectivity index (χ3v) is 4.84. The van der Waals surface area contributed by atoms with Gasteiger partial charge in [0.2, 0.25) is 5.43 Å². The van der Waals surface area contributed by atoms with E-state index in [2.05, 4.69) is 0 Å². The Hall–Kier alpha value is -3.48. The van der Waals surface area contributed by atoms with Gasteiger partial charge in [-0.05, 0) is 24.6 Å². The molecule has 0 N–H and O–H groups in total. The Balaban J connectivity index is 2.22. The van der Waals surface area contributed by atoms with Gasteiger partial charge < -0.3 is 23.5 Å². The van der Waals surface area contributed by atoms with Gasteiger partial charge in [0, 0.05) is 30.4 Å². The second-order valence-electron chi connectivity index (χ2n) is 6.57. The van der Waals surface area contributed by atoms with Gasteiger partial charge in [0.25, 0.3) is 0 Å². The molecule has 158 valence electrons. The van der Waals surface area contributed by atoms with Gasteiger partial charge in [0.1, 0.15) is 17.2 Å². The Kier molecular flexibility index (Phi) is 6.61. The Morgan fingerprint density at radius 2 is 1.67 bits per heavy atom. The molecule has 0 radical (unpaired) electrons. The van der Waals surface area contributed by atoms with Gasteiger partial charge >= 0.3 is 5.97 Å². The number of fused-ring (bicyclic) bond motifs is 1. The van der Waals surface area contributed by atoms with Crippen LogP contribution >= 0.6 is 0 Å². The van der Waals surface area contributed by atoms with Crippen molar-refractivity contribution >= 4 is 16.9 Å². The molecule has 30 heavy (non-hydrogen) atoms. The van der Waals surface area contributed by atoms with E-state index in [1.165, 1.54) is 7.11 Å². The average Bonchev–Trinajstić information content (AvgIpc) is 2.78. The first-order valence-electron chi connectivity index (χ1n) is 9.61. The van der Waals surface area contributed by atoms with Crippen LogP contribution in [0.5, 0.6) is 17.2 Å². The van der Waals surface area contributed by atoms with Crippen molar-refractivity contribution in [1.82, 2.24) is 4.57 Å². The predicted molar refractivity (Wildman–Crippen MR) is 115 cm³/mol. The van der Waals surface area contributed by atoms with Gasteiger partial charge in [-0.25, -0.2) is 0 Å². The molecule has 0 spiro atoms. The van der Waals surface area contributed by atoms with Crippen LogP contribution in [0.3, 0.4) is 0 Å². The van der Waals surface area contributed by atoms with Crippen LogP contribution in [0.25, 0.3) is 22.0 Å². The van der Waals surface area contributed by atoms with Crippen LogP contribution in [-0.4, -0.2) is 38.5 Å². The van der Waals surface area contributed by atoms with E-state index in [-0.39, 0.29) is 17.8 Å². The fraction of sp³-hybridized carbons (Fsp3) is 0.304. The monoisotopic (exact) mass is 411 g/mol. The first kappa shape index (κ1) is 21.2. The number of pyridine rings is 1. The Morgan fingerprint density at radius 1 is 0.967 bits per heavy atom. The lowest BCUT2D eigenvalue weighted by Crippen LogP contribution is -2.15. The first-order valence-corrected chi connectivity index (χ1v) is 9.61. The van der Waals surface area contributed by atoms with Crippen LogP contribution in [0.2, 0.25) is 0 Å². The van der Waals surface area contributed by atoms with E-state index in [0.29, 0.717) is 46.9 Å². The van der Waals surface area contributed by atoms with Crippen molar-refractivity contribution in [3.8, 4) is 28.4 Å². The van der Waals surface area contributed by atoms with Crippen LogP contribution in [0, 0.1) is 0 Å². The van der Waals surface area contributed by atoms with Crippen LogP contribution in [0.4, 0.5) is 0 Å². The molecule has 3 rings (SSSR count). The predicted octanol–water partition coefficient (Wildman–Crippen LogP) is 3.65. The van der Waals surface area contributed by atoms with Crippen LogP contribution in [0.15, 0.2) is 47.4 Å². The van der Waals surface area contributed by atoms with Gasteiger partial charge in [-0.1, -0.05) is 12.1 Å². The third kappa shape index (κ3) is 4.25. The van der Waals surface area contributed by atoms with Crippen molar-refractivity contribution in [2.24, 2.45) is 0 Å². The van der Waals surface area contributed by atoms with E-state index in [0.717, 1.165) is 5.56 Å². The van der Waals surface area contributed by atoms with E-state index in [1.54, 1.807) is 51.6 Å². The number of hydrogen-bond acceptors (Lipinski definition) is 6. The number of hydrogen-bond donors (Lipinski definition) is 0. The van der Waals surface area contributed by atoms with Crippen molar-refractivity contribution < 1.29 is 23.7 Å². The molecule has 0 aliphatic carbocycles. The zero-order chi connectivity index (χ0) is 21.7. The highest BCUT2D eigenvalue weighted by molar-refractivity contribution is 5.90. The first-order chi connectivity index (χ1) is 14.5. The quantitative estimate of drug-likeness (QED) is 0.527. The average molecular weight is 411 g/mol. The summed E-state index contributed by atoms with van der Waals surface area (Å²) >= 11 is 0. The molecule has 0 aliphatic rings. The van der Waals surface area contributed by atoms with E-state index in [4.69, 9.17) is 18.9 Å². The topological polar surface area (TPSA) is 76.0 Å². The summed E-state index contributed by atoms with van der Waals surface area (Å²) in [6, 6.07) is 10.7. The molecule has 0 aliphatic heterocycles. The summed E-state index contributed by atoms with van der Waals surface area (Å²) in [5.41, 5.74) is 1.70. The maximum absolute atomic E-state index is 13.4. The summed E-state index contributed by atoms with van der Waals surface area (Å²) in [4.78, 5) is 25.3. The number of esters is 1. The highest BCUT2D eigenvalue weighted by atomic mass is 16.5. The summed E-state index contributed by atoms with van der Waals surface area (Å²) < 4.78 is 23.0. The molecule has 0 unspecified atom stereocenters. The molecule has 0 saturated carbocycles. The minimum Gasteiger partial charge on any atom is -0.497 e. The van der Waals surface area contributed by atoms with E-state index < -0.39 is 0 Å². The van der Waals surface area contributed by atoms with Crippen LogP contribution in [0.1, 0.15) is 13.3 Å². The Bertz CT molecular complexity index is 1100. The molecular formula is C23H25NO6. The van der Waals surface area contributed by atoms with Crippen molar-refractivity contribution in [3.63, 3.8) is 0 Å². The number of aromatic nitrogens is 1. The fourth-order valence-electron chi connectivity index (χ4n) is 3.33. The Labute approximate surface area is 174 Å². The standard InChI is InChI=1S/C23H25NO6/c1-5-30-21(25)10-11-24-14-18(15-6-8-16(27-2)9-7-15)23(26)22-19(24)12-17(28-3)13-20(22)29-4/h6-9,12-14H,5,10-11H2,1-4H3.